The van der Waals surface area contributed by atoms with Crippen molar-refractivity contribution >= 4 is 52.1 Å². The minimum Gasteiger partial charge on any atom is -0.495 e. The maximum Gasteiger partial charge on any atom is 0.226 e. The average Bonchev–Trinajstić information content (AvgIpc) is 3.44. The molecule has 1 aliphatic rings. The summed E-state index contributed by atoms with van der Waals surface area (Å²) < 4.78 is 7.48. The molecule has 7 nitrogen and oxygen atoms in total. The Kier molecular flexibility index (Phi) is 8.30. The fraction of sp³-hybridized carbons (Fsp3) is 0.233. The molecule has 206 valence electrons. The third-order valence-electron chi connectivity index (χ3n) is 7.12. The van der Waals surface area contributed by atoms with Gasteiger partial charge in [-0.25, -0.2) is 0 Å². The summed E-state index contributed by atoms with van der Waals surface area (Å²) in [5.41, 5.74) is 5.36. The van der Waals surface area contributed by atoms with Crippen molar-refractivity contribution in [3.63, 3.8) is 0 Å². The Balaban J connectivity index is 1.49. The third-order valence-corrected chi connectivity index (χ3v) is 8.28. The number of carbonyl (C=O) groups excluding carboxylic acids is 1. The Hall–Kier alpha value is -3.59. The smallest absolute Gasteiger partial charge is 0.226 e. The molecule has 0 saturated carbocycles. The molecule has 1 saturated heterocycles. The van der Waals surface area contributed by atoms with Crippen LogP contribution < -0.4 is 15.4 Å². The van der Waals surface area contributed by atoms with Gasteiger partial charge in [-0.3, -0.25) is 9.78 Å². The summed E-state index contributed by atoms with van der Waals surface area (Å²) in [6.07, 6.45) is 2.00. The number of pyridine rings is 1. The van der Waals surface area contributed by atoms with E-state index in [1.54, 1.807) is 19.4 Å². The average molecular weight is 595 g/mol. The maximum atomic E-state index is 13.0. The van der Waals surface area contributed by atoms with Gasteiger partial charge in [-0.1, -0.05) is 47.5 Å². The Morgan fingerprint density at radius 3 is 2.62 bits per heavy atom. The molecule has 2 atom stereocenters. The fourth-order valence-corrected chi connectivity index (χ4v) is 6.00. The highest BCUT2D eigenvalue weighted by Crippen LogP contribution is 2.42. The number of aromatic nitrogens is 2. The van der Waals surface area contributed by atoms with Crippen molar-refractivity contribution in [3.05, 3.63) is 106 Å². The molecule has 1 aliphatic heterocycles. The molecule has 2 aromatic heterocycles. The van der Waals surface area contributed by atoms with E-state index in [1.807, 2.05) is 61.5 Å². The number of nitrogens with zero attached hydrogens (tertiary/aromatic N) is 3. The Morgan fingerprint density at radius 1 is 1.10 bits per heavy atom. The molecule has 2 aromatic carbocycles. The van der Waals surface area contributed by atoms with Gasteiger partial charge in [-0.05, 0) is 74.1 Å². The molecule has 40 heavy (non-hydrogen) atoms. The molecule has 1 fully saturated rings. The number of rotatable bonds is 8. The highest BCUT2D eigenvalue weighted by Gasteiger charge is 2.41. The zero-order valence-electron chi connectivity index (χ0n) is 22.3. The second-order valence-corrected chi connectivity index (χ2v) is 10.7. The summed E-state index contributed by atoms with van der Waals surface area (Å²) in [6, 6.07) is 20.5. The van der Waals surface area contributed by atoms with Crippen LogP contribution in [0.5, 0.6) is 5.75 Å². The highest BCUT2D eigenvalue weighted by molar-refractivity contribution is 7.80. The lowest BCUT2D eigenvalue weighted by Crippen LogP contribution is -2.33. The number of carbonyl (C=O) groups is 1. The molecular weight excluding hydrogens is 565 g/mol. The van der Waals surface area contributed by atoms with Crippen molar-refractivity contribution in [1.82, 2.24) is 19.8 Å². The van der Waals surface area contributed by atoms with E-state index in [2.05, 4.69) is 38.1 Å². The van der Waals surface area contributed by atoms with Gasteiger partial charge in [0, 0.05) is 30.6 Å². The number of nitrogens with one attached hydrogen (secondary N) is 2. The van der Waals surface area contributed by atoms with Crippen molar-refractivity contribution in [2.75, 3.05) is 19.0 Å². The number of aryl methyl sites for hydroxylation is 1. The first-order valence-electron chi connectivity index (χ1n) is 12.8. The van der Waals surface area contributed by atoms with Crippen molar-refractivity contribution in [2.24, 2.45) is 0 Å². The standard InChI is InChI=1S/C30H29Cl2N5O2S/c1-18-17-20(19(2)37(18)24-12-8-9-21(31)27(24)32)29-28(23-11-6-7-15-33-23)35-30(40)36(29)16-14-26(38)34-22-10-4-5-13-25(22)39-3/h4-13,15,17,28-29H,14,16H2,1-3H3,(H,34,38)(H,35,40)/t28-,29-/m1/s1. The number of hydrogen-bond acceptors (Lipinski definition) is 4. The van der Waals surface area contributed by atoms with Gasteiger partial charge in [0.05, 0.1) is 46.3 Å². The summed E-state index contributed by atoms with van der Waals surface area (Å²) in [6.45, 7) is 4.50. The molecule has 10 heteroatoms. The predicted octanol–water partition coefficient (Wildman–Crippen LogP) is 6.81. The van der Waals surface area contributed by atoms with Crippen LogP contribution in [0, 0.1) is 13.8 Å². The van der Waals surface area contributed by atoms with Gasteiger partial charge in [0.2, 0.25) is 5.91 Å². The summed E-state index contributed by atoms with van der Waals surface area (Å²) in [5, 5.41) is 7.97. The van der Waals surface area contributed by atoms with E-state index in [9.17, 15) is 4.79 Å². The van der Waals surface area contributed by atoms with Crippen LogP contribution in [0.1, 0.15) is 41.1 Å². The first-order valence-corrected chi connectivity index (χ1v) is 14.0. The number of benzene rings is 2. The van der Waals surface area contributed by atoms with E-state index in [-0.39, 0.29) is 24.4 Å². The van der Waals surface area contributed by atoms with Crippen molar-refractivity contribution in [3.8, 4) is 11.4 Å². The van der Waals surface area contributed by atoms with Gasteiger partial charge in [-0.2, -0.15) is 0 Å². The maximum absolute atomic E-state index is 13.0. The lowest BCUT2D eigenvalue weighted by Gasteiger charge is -2.28. The number of halogens is 2. The number of para-hydroxylation sites is 2. The minimum atomic E-state index is -0.213. The second-order valence-electron chi connectivity index (χ2n) is 9.55. The normalized spacial score (nSPS) is 16.6. The van der Waals surface area contributed by atoms with E-state index in [4.69, 9.17) is 40.2 Å². The number of methoxy groups -OCH3 is 1. The predicted molar refractivity (Wildman–Crippen MR) is 164 cm³/mol. The highest BCUT2D eigenvalue weighted by atomic mass is 35.5. The van der Waals surface area contributed by atoms with E-state index in [1.165, 1.54) is 0 Å². The molecule has 0 spiro atoms. The number of amides is 1. The van der Waals surface area contributed by atoms with E-state index in [0.29, 0.717) is 33.1 Å². The van der Waals surface area contributed by atoms with Crippen molar-refractivity contribution in [1.29, 1.82) is 0 Å². The molecule has 1 amide bonds. The van der Waals surface area contributed by atoms with Gasteiger partial charge < -0.3 is 24.8 Å². The molecule has 0 radical (unpaired) electrons. The zero-order chi connectivity index (χ0) is 28.4. The number of thiocarbonyl (C=S) groups is 1. The van der Waals surface area contributed by atoms with Crippen LogP contribution in [0.3, 0.4) is 0 Å². The van der Waals surface area contributed by atoms with Gasteiger partial charge >= 0.3 is 0 Å². The second kappa shape index (κ2) is 11.9. The van der Waals surface area contributed by atoms with Crippen LogP contribution in [0.4, 0.5) is 5.69 Å². The Bertz CT molecular complexity index is 1560. The topological polar surface area (TPSA) is 71.4 Å². The molecule has 0 bridgehead atoms. The molecular formula is C30H29Cl2N5O2S. The molecule has 3 heterocycles. The summed E-state index contributed by atoms with van der Waals surface area (Å²) in [7, 11) is 1.58. The van der Waals surface area contributed by atoms with Crippen molar-refractivity contribution in [2.45, 2.75) is 32.4 Å². The summed E-state index contributed by atoms with van der Waals surface area (Å²) >= 11 is 18.8. The first-order chi connectivity index (χ1) is 19.3. The Labute approximate surface area is 249 Å². The monoisotopic (exact) mass is 593 g/mol. The lowest BCUT2D eigenvalue weighted by molar-refractivity contribution is -0.116. The number of hydrogen-bond donors (Lipinski definition) is 2. The van der Waals surface area contributed by atoms with Crippen LogP contribution in [0.15, 0.2) is 72.9 Å². The van der Waals surface area contributed by atoms with Crippen LogP contribution in [-0.2, 0) is 4.79 Å². The zero-order valence-corrected chi connectivity index (χ0v) is 24.6. The SMILES string of the molecule is COc1ccccc1NC(=O)CCN1C(=S)N[C@H](c2ccccn2)[C@H]1c1cc(C)n(-c2cccc(Cl)c2Cl)c1C. The number of anilines is 1. The molecule has 5 rings (SSSR count). The van der Waals surface area contributed by atoms with E-state index in [0.717, 1.165) is 28.3 Å². The van der Waals surface area contributed by atoms with E-state index >= 15 is 0 Å². The third kappa shape index (κ3) is 5.39. The largest absolute Gasteiger partial charge is 0.495 e. The minimum absolute atomic E-state index is 0.136. The van der Waals surface area contributed by atoms with Gasteiger partial charge in [0.15, 0.2) is 5.11 Å². The molecule has 0 unspecified atom stereocenters. The molecule has 4 aromatic rings. The molecule has 0 aliphatic carbocycles. The van der Waals surface area contributed by atoms with Gasteiger partial charge in [0.25, 0.3) is 0 Å². The first kappa shape index (κ1) is 28.0. The summed E-state index contributed by atoms with van der Waals surface area (Å²) in [4.78, 5) is 19.7. The van der Waals surface area contributed by atoms with Gasteiger partial charge in [0.1, 0.15) is 5.75 Å². The Morgan fingerprint density at radius 2 is 1.88 bits per heavy atom. The van der Waals surface area contributed by atoms with Crippen LogP contribution >= 0.6 is 35.4 Å². The number of ether oxygens (including phenoxy) is 1. The molecule has 2 N–H and O–H groups in total. The van der Waals surface area contributed by atoms with Gasteiger partial charge in [-0.15, -0.1) is 0 Å². The lowest BCUT2D eigenvalue weighted by atomic mass is 9.96. The van der Waals surface area contributed by atoms with Crippen LogP contribution in [0.25, 0.3) is 5.69 Å². The van der Waals surface area contributed by atoms with Crippen molar-refractivity contribution < 1.29 is 9.53 Å². The van der Waals surface area contributed by atoms with Crippen LogP contribution in [-0.4, -0.2) is 39.1 Å². The quantitative estimate of drug-likeness (QED) is 0.219. The van der Waals surface area contributed by atoms with Crippen LogP contribution in [0.2, 0.25) is 10.0 Å². The van der Waals surface area contributed by atoms with E-state index < -0.39 is 0 Å². The summed E-state index contributed by atoms with van der Waals surface area (Å²) in [5.74, 6) is 0.470. The fourth-order valence-electron chi connectivity index (χ4n) is 5.29.